The van der Waals surface area contributed by atoms with Crippen LogP contribution in [0.2, 0.25) is 0 Å². The number of aryl methyl sites for hydroxylation is 1. The summed E-state index contributed by atoms with van der Waals surface area (Å²) in [6, 6.07) is 13.3. The zero-order chi connectivity index (χ0) is 22.9. The molecule has 33 heavy (non-hydrogen) atoms. The number of hydrogen-bond acceptors (Lipinski definition) is 4. The molecule has 0 radical (unpaired) electrons. The number of benzene rings is 2. The number of nitrogens with one attached hydrogen (secondary N) is 1. The number of carbonyl (C=O) groups excluding carboxylic acids is 2. The van der Waals surface area contributed by atoms with Gasteiger partial charge in [-0.2, -0.15) is 0 Å². The molecule has 0 saturated carbocycles. The van der Waals surface area contributed by atoms with E-state index in [1.165, 1.54) is 29.2 Å². The summed E-state index contributed by atoms with van der Waals surface area (Å²) in [4.78, 5) is 30.6. The van der Waals surface area contributed by atoms with Gasteiger partial charge in [0.2, 0.25) is 18.0 Å². The van der Waals surface area contributed by atoms with E-state index < -0.39 is 29.3 Å². The Morgan fingerprint density at radius 3 is 2.73 bits per heavy atom. The third kappa shape index (κ3) is 3.69. The van der Waals surface area contributed by atoms with Gasteiger partial charge < -0.3 is 14.4 Å². The first-order valence-corrected chi connectivity index (χ1v) is 10.6. The van der Waals surface area contributed by atoms with Gasteiger partial charge in [0.05, 0.1) is 12.6 Å². The van der Waals surface area contributed by atoms with Crippen LogP contribution < -0.4 is 9.67 Å². The lowest BCUT2D eigenvalue weighted by Crippen LogP contribution is -2.37. The van der Waals surface area contributed by atoms with Crippen molar-refractivity contribution in [1.82, 2.24) is 9.88 Å². The van der Waals surface area contributed by atoms with Crippen LogP contribution >= 0.6 is 0 Å². The van der Waals surface area contributed by atoms with Gasteiger partial charge in [0, 0.05) is 29.5 Å². The van der Waals surface area contributed by atoms with E-state index in [1.54, 1.807) is 42.9 Å². The van der Waals surface area contributed by atoms with E-state index in [4.69, 9.17) is 4.42 Å². The van der Waals surface area contributed by atoms with Crippen LogP contribution in [0.15, 0.2) is 89.1 Å². The van der Waals surface area contributed by atoms with Crippen LogP contribution in [0.4, 0.5) is 4.39 Å². The number of halogens is 1. The molecule has 1 atom stereocenters. The highest BCUT2D eigenvalue weighted by molar-refractivity contribution is 6.15. The van der Waals surface area contributed by atoms with Gasteiger partial charge in [0.15, 0.2) is 5.76 Å². The fourth-order valence-electron chi connectivity index (χ4n) is 4.23. The molecule has 2 aromatic carbocycles. The van der Waals surface area contributed by atoms with Crippen LogP contribution in [0.25, 0.3) is 11.0 Å². The monoisotopic (exact) mass is 445 g/mol. The highest BCUT2D eigenvalue weighted by Gasteiger charge is 2.41. The Morgan fingerprint density at radius 1 is 1.18 bits per heavy atom. The van der Waals surface area contributed by atoms with Crippen molar-refractivity contribution in [2.75, 3.05) is 6.54 Å². The van der Waals surface area contributed by atoms with E-state index >= 15 is 0 Å². The highest BCUT2D eigenvalue weighted by atomic mass is 19.1. The second-order valence-electron chi connectivity index (χ2n) is 7.85. The Bertz CT molecular complexity index is 1340. The first-order valence-electron chi connectivity index (χ1n) is 10.6. The standard InChI is InChI=1S/C25H20FN3O4/c26-18-8-3-2-7-17(18)22-21(23(30)20-14-16-6-1-4-9-19(16)33-20)24(31)25(32)29(22)12-5-11-28-13-10-27-15-28/h1-4,6-10,13-15,22H,5,11-12H2,(H,30,31). The lowest BCUT2D eigenvalue weighted by molar-refractivity contribution is -0.695. The molecular weight excluding hydrogens is 425 g/mol. The molecule has 0 fully saturated rings. The summed E-state index contributed by atoms with van der Waals surface area (Å²) < 4.78 is 22.4. The number of fused-ring (bicyclic) bond motifs is 1. The fraction of sp³-hybridized carbons (Fsp3) is 0.160. The largest absolute Gasteiger partial charge is 0.868 e. The number of ketones is 1. The molecule has 1 aliphatic heterocycles. The predicted octanol–water partition coefficient (Wildman–Crippen LogP) is 2.66. The number of Topliss-reactive ketones (excluding diaryl/α,β-unsaturated/α-hetero) is 1. The summed E-state index contributed by atoms with van der Waals surface area (Å²) in [6.45, 7) is 0.761. The summed E-state index contributed by atoms with van der Waals surface area (Å²) >= 11 is 0. The van der Waals surface area contributed by atoms with E-state index in [0.29, 0.717) is 23.9 Å². The molecule has 0 spiro atoms. The van der Waals surface area contributed by atoms with E-state index in [9.17, 15) is 19.1 Å². The Labute approximate surface area is 188 Å². The Morgan fingerprint density at radius 2 is 1.97 bits per heavy atom. The number of amides is 1. The van der Waals surface area contributed by atoms with Gasteiger partial charge in [-0.25, -0.2) is 8.96 Å². The molecule has 5 rings (SSSR count). The first-order chi connectivity index (χ1) is 16.0. The van der Waals surface area contributed by atoms with E-state index in [2.05, 4.69) is 4.98 Å². The van der Waals surface area contributed by atoms with Gasteiger partial charge in [-0.3, -0.25) is 14.6 Å². The fourth-order valence-corrected chi connectivity index (χ4v) is 4.23. The minimum absolute atomic E-state index is 0.0570. The number of furan rings is 1. The number of imidazole rings is 1. The molecule has 0 saturated heterocycles. The molecule has 1 N–H and O–H groups in total. The van der Waals surface area contributed by atoms with Gasteiger partial charge in [-0.15, -0.1) is 0 Å². The Kier molecular flexibility index (Phi) is 5.26. The van der Waals surface area contributed by atoms with Crippen LogP contribution in [0, 0.1) is 5.82 Å². The molecule has 4 aromatic rings. The minimum atomic E-state index is -1.12. The number of aromatic amines is 1. The van der Waals surface area contributed by atoms with E-state index in [-0.39, 0.29) is 23.4 Å². The molecule has 1 aliphatic rings. The highest BCUT2D eigenvalue weighted by Crippen LogP contribution is 2.39. The van der Waals surface area contributed by atoms with Crippen molar-refractivity contribution in [1.29, 1.82) is 0 Å². The predicted molar refractivity (Wildman–Crippen MR) is 114 cm³/mol. The Hall–Kier alpha value is -4.20. The summed E-state index contributed by atoms with van der Waals surface area (Å²) in [5.74, 6) is -3.10. The average molecular weight is 445 g/mol. The van der Waals surface area contributed by atoms with E-state index in [0.717, 1.165) is 0 Å². The molecule has 1 unspecified atom stereocenters. The van der Waals surface area contributed by atoms with Crippen molar-refractivity contribution in [3.8, 4) is 0 Å². The normalized spacial score (nSPS) is 16.2. The van der Waals surface area contributed by atoms with Crippen molar-refractivity contribution in [3.05, 3.63) is 102 Å². The summed E-state index contributed by atoms with van der Waals surface area (Å²) in [6.07, 6.45) is 5.89. The number of hydrogen-bond donors (Lipinski definition) is 1. The maximum absolute atomic E-state index is 14.8. The molecule has 1 amide bonds. The SMILES string of the molecule is O=C(C1=C([O-])C(=O)N(CCC[n+]2cc[nH]c2)C1c1ccccc1F)c1cc2ccccc2o1. The zero-order valence-electron chi connectivity index (χ0n) is 17.5. The zero-order valence-corrected chi connectivity index (χ0v) is 17.5. The van der Waals surface area contributed by atoms with Crippen molar-refractivity contribution >= 4 is 22.7 Å². The molecule has 3 heterocycles. The van der Waals surface area contributed by atoms with Crippen molar-refractivity contribution in [2.24, 2.45) is 0 Å². The van der Waals surface area contributed by atoms with Crippen LogP contribution in [-0.2, 0) is 11.3 Å². The Balaban J connectivity index is 1.52. The molecule has 2 aromatic heterocycles. The molecular formula is C25H20FN3O4. The first kappa shape index (κ1) is 20.7. The lowest BCUT2D eigenvalue weighted by Gasteiger charge is -2.27. The van der Waals surface area contributed by atoms with Gasteiger partial charge in [0.1, 0.15) is 23.8 Å². The van der Waals surface area contributed by atoms with Crippen LogP contribution in [0.5, 0.6) is 0 Å². The maximum atomic E-state index is 14.8. The summed E-state index contributed by atoms with van der Waals surface area (Å²) in [5, 5.41) is 13.7. The summed E-state index contributed by atoms with van der Waals surface area (Å²) in [5.41, 5.74) is 0.296. The number of para-hydroxylation sites is 1. The number of rotatable bonds is 7. The van der Waals surface area contributed by atoms with Crippen molar-refractivity contribution in [2.45, 2.75) is 19.0 Å². The average Bonchev–Trinajstić information content (AvgIpc) is 3.54. The van der Waals surface area contributed by atoms with Gasteiger partial charge >= 0.3 is 0 Å². The van der Waals surface area contributed by atoms with Crippen molar-refractivity contribution in [3.63, 3.8) is 0 Å². The molecule has 0 aliphatic carbocycles. The number of carbonyl (C=O) groups is 2. The van der Waals surface area contributed by atoms with Crippen LogP contribution in [-0.4, -0.2) is 28.1 Å². The molecule has 166 valence electrons. The minimum Gasteiger partial charge on any atom is -0.868 e. The molecule has 7 nitrogen and oxygen atoms in total. The van der Waals surface area contributed by atoms with E-state index in [1.807, 2.05) is 10.8 Å². The quantitative estimate of drug-likeness (QED) is 0.350. The smallest absolute Gasteiger partial charge is 0.241 e. The van der Waals surface area contributed by atoms with Crippen LogP contribution in [0.3, 0.4) is 0 Å². The van der Waals surface area contributed by atoms with Gasteiger partial charge in [-0.05, 0) is 24.0 Å². The lowest BCUT2D eigenvalue weighted by atomic mass is 9.94. The third-order valence-corrected chi connectivity index (χ3v) is 5.80. The second kappa shape index (κ2) is 8.38. The topological polar surface area (TPSA) is 93.2 Å². The van der Waals surface area contributed by atoms with Crippen LogP contribution in [0.1, 0.15) is 28.6 Å². The van der Waals surface area contributed by atoms with Gasteiger partial charge in [0.25, 0.3) is 0 Å². The maximum Gasteiger partial charge on any atom is 0.241 e. The molecule has 8 heteroatoms. The van der Waals surface area contributed by atoms with Crippen molar-refractivity contribution < 1.29 is 28.1 Å². The molecule has 0 bridgehead atoms. The number of H-pyrrole nitrogens is 1. The number of nitrogens with zero attached hydrogens (tertiary/aromatic N) is 2. The summed E-state index contributed by atoms with van der Waals surface area (Å²) in [7, 11) is 0. The van der Waals surface area contributed by atoms with Gasteiger partial charge in [-0.1, -0.05) is 36.4 Å². The number of aromatic nitrogens is 2. The third-order valence-electron chi connectivity index (χ3n) is 5.80. The second-order valence-corrected chi connectivity index (χ2v) is 7.85.